The summed E-state index contributed by atoms with van der Waals surface area (Å²) in [7, 11) is 3.18. The molecule has 102 valence electrons. The van der Waals surface area contributed by atoms with Crippen molar-refractivity contribution in [2.24, 2.45) is 0 Å². The number of amides is 1. The predicted molar refractivity (Wildman–Crippen MR) is 68.9 cm³/mol. The molecule has 0 saturated carbocycles. The van der Waals surface area contributed by atoms with Gasteiger partial charge in [-0.05, 0) is 18.2 Å². The third-order valence-electron chi connectivity index (χ3n) is 3.09. The minimum Gasteiger partial charge on any atom is -0.495 e. The molecule has 1 heterocycles. The van der Waals surface area contributed by atoms with Gasteiger partial charge in [-0.3, -0.25) is 4.79 Å². The van der Waals surface area contributed by atoms with Gasteiger partial charge in [-0.15, -0.1) is 0 Å². The van der Waals surface area contributed by atoms with E-state index < -0.39 is 12.1 Å². The Morgan fingerprint density at radius 1 is 1.47 bits per heavy atom. The summed E-state index contributed by atoms with van der Waals surface area (Å²) in [6.07, 6.45) is -0.173. The van der Waals surface area contributed by atoms with Crippen LogP contribution in [0.1, 0.15) is 16.8 Å². The first-order valence-electron chi connectivity index (χ1n) is 5.92. The molecule has 1 saturated heterocycles. The summed E-state index contributed by atoms with van der Waals surface area (Å²) in [5.74, 6) is -0.230. The zero-order chi connectivity index (χ0) is 14.0. The largest absolute Gasteiger partial charge is 0.495 e. The topological polar surface area (TPSA) is 81.9 Å². The number of methoxy groups -OCH3 is 1. The summed E-state index contributed by atoms with van der Waals surface area (Å²) in [4.78, 5) is 25.1. The molecule has 2 rings (SSSR count). The van der Waals surface area contributed by atoms with E-state index in [2.05, 4.69) is 0 Å². The fraction of sp³-hybridized carbons (Fsp3) is 0.385. The van der Waals surface area contributed by atoms with Crippen molar-refractivity contribution in [1.82, 2.24) is 4.90 Å². The first-order chi connectivity index (χ1) is 9.02. The van der Waals surface area contributed by atoms with E-state index in [9.17, 15) is 9.59 Å². The molecule has 1 atom stereocenters. The number of likely N-dealkylation sites (tertiary alicyclic amines) is 1. The number of nitrogen functional groups attached to an aromatic ring is 1. The second-order valence-electron chi connectivity index (χ2n) is 4.40. The number of nitrogens with two attached hydrogens (primary N) is 1. The molecule has 1 aromatic carbocycles. The van der Waals surface area contributed by atoms with Crippen LogP contribution in [-0.2, 0) is 9.53 Å². The van der Waals surface area contributed by atoms with Crippen LogP contribution in [0.2, 0.25) is 0 Å². The highest BCUT2D eigenvalue weighted by Gasteiger charge is 2.32. The van der Waals surface area contributed by atoms with Crippen molar-refractivity contribution in [3.05, 3.63) is 23.8 Å². The van der Waals surface area contributed by atoms with Crippen LogP contribution in [0.4, 0.5) is 5.69 Å². The number of rotatable bonds is 3. The fourth-order valence-corrected chi connectivity index (χ4v) is 1.96. The summed E-state index contributed by atoms with van der Waals surface area (Å²) in [5, 5.41) is 0. The van der Waals surface area contributed by atoms with Crippen LogP contribution < -0.4 is 10.5 Å². The molecule has 1 fully saturated rings. The number of likely N-dealkylation sites (N-methyl/N-ethyl adjacent to an activating group) is 1. The molecule has 2 N–H and O–H groups in total. The molecule has 1 aliphatic heterocycles. The van der Waals surface area contributed by atoms with E-state index in [-0.39, 0.29) is 5.91 Å². The maximum atomic E-state index is 11.9. The zero-order valence-corrected chi connectivity index (χ0v) is 10.9. The van der Waals surface area contributed by atoms with E-state index in [0.717, 1.165) is 0 Å². The summed E-state index contributed by atoms with van der Waals surface area (Å²) in [6.45, 7) is 0.599. The number of carbonyl (C=O) groups excluding carboxylic acids is 2. The second kappa shape index (κ2) is 5.17. The lowest BCUT2D eigenvalue weighted by Gasteiger charge is -2.12. The Morgan fingerprint density at radius 2 is 2.21 bits per heavy atom. The molecule has 0 radical (unpaired) electrons. The zero-order valence-electron chi connectivity index (χ0n) is 10.9. The van der Waals surface area contributed by atoms with Crippen molar-refractivity contribution in [3.8, 4) is 5.75 Å². The first-order valence-corrected chi connectivity index (χ1v) is 5.92. The maximum Gasteiger partial charge on any atom is 0.338 e. The predicted octanol–water partition coefficient (Wildman–Crippen LogP) is 0.665. The van der Waals surface area contributed by atoms with Crippen molar-refractivity contribution in [2.75, 3.05) is 26.4 Å². The van der Waals surface area contributed by atoms with E-state index in [1.54, 1.807) is 24.1 Å². The van der Waals surface area contributed by atoms with Crippen molar-refractivity contribution in [1.29, 1.82) is 0 Å². The number of ether oxygens (including phenoxy) is 2. The van der Waals surface area contributed by atoms with Gasteiger partial charge in [0.1, 0.15) is 5.75 Å². The molecule has 6 nitrogen and oxygen atoms in total. The number of esters is 1. The first kappa shape index (κ1) is 13.2. The average molecular weight is 264 g/mol. The third kappa shape index (κ3) is 2.62. The lowest BCUT2D eigenvalue weighted by Crippen LogP contribution is -2.29. The van der Waals surface area contributed by atoms with Gasteiger partial charge in [0.2, 0.25) is 0 Å². The molecular weight excluding hydrogens is 248 g/mol. The molecule has 1 amide bonds. The van der Waals surface area contributed by atoms with Crippen LogP contribution >= 0.6 is 0 Å². The number of hydrogen-bond acceptors (Lipinski definition) is 5. The summed E-state index contributed by atoms with van der Waals surface area (Å²) < 4.78 is 10.2. The maximum absolute atomic E-state index is 11.9. The summed E-state index contributed by atoms with van der Waals surface area (Å²) >= 11 is 0. The Balaban J connectivity index is 2.08. The quantitative estimate of drug-likeness (QED) is 0.640. The van der Waals surface area contributed by atoms with Crippen LogP contribution in [0.5, 0.6) is 5.75 Å². The van der Waals surface area contributed by atoms with Crippen LogP contribution in [0.25, 0.3) is 0 Å². The number of benzene rings is 1. The van der Waals surface area contributed by atoms with Crippen molar-refractivity contribution < 1.29 is 19.1 Å². The smallest absolute Gasteiger partial charge is 0.338 e. The number of nitrogens with zero attached hydrogens (tertiary/aromatic N) is 1. The molecule has 0 aliphatic carbocycles. The molecular formula is C13H16N2O4. The monoisotopic (exact) mass is 264 g/mol. The molecule has 1 aromatic rings. The van der Waals surface area contributed by atoms with Crippen LogP contribution in [0.15, 0.2) is 18.2 Å². The van der Waals surface area contributed by atoms with Crippen molar-refractivity contribution in [3.63, 3.8) is 0 Å². The van der Waals surface area contributed by atoms with Gasteiger partial charge in [0, 0.05) is 20.0 Å². The summed E-state index contributed by atoms with van der Waals surface area (Å²) in [5.41, 5.74) is 6.38. The van der Waals surface area contributed by atoms with Crippen LogP contribution in [0.3, 0.4) is 0 Å². The molecule has 0 aromatic heterocycles. The molecule has 1 unspecified atom stereocenters. The van der Waals surface area contributed by atoms with E-state index in [1.807, 2.05) is 0 Å². The van der Waals surface area contributed by atoms with Crippen molar-refractivity contribution in [2.45, 2.75) is 12.5 Å². The standard InChI is InChI=1S/C13H16N2O4/c1-15-6-5-11(12(15)16)19-13(17)8-3-4-10(18-2)9(14)7-8/h3-4,7,11H,5-6,14H2,1-2H3. The Labute approximate surface area is 111 Å². The minimum atomic E-state index is -0.694. The molecule has 0 bridgehead atoms. The van der Waals surface area contributed by atoms with Crippen LogP contribution in [0, 0.1) is 0 Å². The second-order valence-corrected chi connectivity index (χ2v) is 4.40. The van der Waals surface area contributed by atoms with Gasteiger partial charge < -0.3 is 20.1 Å². The van der Waals surface area contributed by atoms with E-state index >= 15 is 0 Å². The van der Waals surface area contributed by atoms with Gasteiger partial charge in [-0.1, -0.05) is 0 Å². The molecule has 6 heteroatoms. The highest BCUT2D eigenvalue weighted by atomic mass is 16.5. The Morgan fingerprint density at radius 3 is 2.74 bits per heavy atom. The van der Waals surface area contributed by atoms with Gasteiger partial charge in [0.25, 0.3) is 5.91 Å². The number of anilines is 1. The minimum absolute atomic E-state index is 0.171. The van der Waals surface area contributed by atoms with E-state index in [0.29, 0.717) is 30.0 Å². The Kier molecular flexibility index (Phi) is 3.59. The average Bonchev–Trinajstić information content (AvgIpc) is 2.70. The summed E-state index contributed by atoms with van der Waals surface area (Å²) in [6, 6.07) is 4.62. The lowest BCUT2D eigenvalue weighted by molar-refractivity contribution is -0.133. The van der Waals surface area contributed by atoms with E-state index in [1.165, 1.54) is 13.2 Å². The molecule has 1 aliphatic rings. The molecule has 19 heavy (non-hydrogen) atoms. The third-order valence-corrected chi connectivity index (χ3v) is 3.09. The number of carbonyl (C=O) groups is 2. The lowest BCUT2D eigenvalue weighted by atomic mass is 10.2. The van der Waals surface area contributed by atoms with Gasteiger partial charge in [-0.2, -0.15) is 0 Å². The fourth-order valence-electron chi connectivity index (χ4n) is 1.96. The van der Waals surface area contributed by atoms with Gasteiger partial charge in [-0.25, -0.2) is 4.79 Å². The normalized spacial score (nSPS) is 18.5. The van der Waals surface area contributed by atoms with E-state index in [4.69, 9.17) is 15.2 Å². The van der Waals surface area contributed by atoms with Gasteiger partial charge in [0.05, 0.1) is 18.4 Å². The molecule has 0 spiro atoms. The Bertz CT molecular complexity index is 515. The SMILES string of the molecule is COc1ccc(C(=O)OC2CCN(C)C2=O)cc1N. The number of hydrogen-bond donors (Lipinski definition) is 1. The van der Waals surface area contributed by atoms with Crippen LogP contribution in [-0.4, -0.2) is 43.6 Å². The van der Waals surface area contributed by atoms with Gasteiger partial charge >= 0.3 is 5.97 Å². The highest BCUT2D eigenvalue weighted by Crippen LogP contribution is 2.23. The highest BCUT2D eigenvalue weighted by molar-refractivity contribution is 5.93. The van der Waals surface area contributed by atoms with Gasteiger partial charge in [0.15, 0.2) is 6.10 Å². The van der Waals surface area contributed by atoms with Crippen molar-refractivity contribution >= 4 is 17.6 Å². The Hall–Kier alpha value is -2.24.